The van der Waals surface area contributed by atoms with Gasteiger partial charge in [-0.1, -0.05) is 12.1 Å². The van der Waals surface area contributed by atoms with E-state index >= 15 is 0 Å². The lowest BCUT2D eigenvalue weighted by Crippen LogP contribution is -2.38. The highest BCUT2D eigenvalue weighted by molar-refractivity contribution is 7.89. The van der Waals surface area contributed by atoms with Crippen molar-refractivity contribution in [2.45, 2.75) is 31.7 Å². The molecular formula is C14H19NO3S2. The van der Waals surface area contributed by atoms with Gasteiger partial charge < -0.3 is 0 Å². The van der Waals surface area contributed by atoms with Crippen LogP contribution in [0.5, 0.6) is 0 Å². The lowest BCUT2D eigenvalue weighted by Gasteiger charge is -2.23. The maximum Gasteiger partial charge on any atom is 0.214 e. The standard InChI is InChI=1S/C14H19NO3S2/c1-2-3-10-20(17,18)15-8-4-6-12(15)11-13(16)14-7-5-9-19-14/h2,5,7,9,12H,1,3-4,6,8,10-11H2. The van der Waals surface area contributed by atoms with Gasteiger partial charge in [0.05, 0.1) is 10.6 Å². The summed E-state index contributed by atoms with van der Waals surface area (Å²) in [5.74, 6) is 0.121. The Hall–Kier alpha value is -0.980. The molecule has 1 aliphatic heterocycles. The van der Waals surface area contributed by atoms with Crippen molar-refractivity contribution in [3.8, 4) is 0 Å². The largest absolute Gasteiger partial charge is 0.293 e. The molecular weight excluding hydrogens is 294 g/mol. The molecule has 1 aromatic heterocycles. The van der Waals surface area contributed by atoms with Gasteiger partial charge in [-0.05, 0) is 30.7 Å². The number of hydrogen-bond acceptors (Lipinski definition) is 4. The van der Waals surface area contributed by atoms with Crippen molar-refractivity contribution in [1.29, 1.82) is 0 Å². The summed E-state index contributed by atoms with van der Waals surface area (Å²) in [5.41, 5.74) is 0. The molecule has 1 unspecified atom stereocenters. The van der Waals surface area contributed by atoms with Crippen LogP contribution in [0.15, 0.2) is 30.2 Å². The Balaban J connectivity index is 2.04. The highest BCUT2D eigenvalue weighted by Gasteiger charge is 2.34. The molecule has 0 saturated carbocycles. The zero-order valence-corrected chi connectivity index (χ0v) is 13.0. The van der Waals surface area contributed by atoms with Crippen LogP contribution in [0, 0.1) is 0 Å². The van der Waals surface area contributed by atoms with E-state index in [9.17, 15) is 13.2 Å². The Kier molecular flexibility index (Phi) is 5.12. The summed E-state index contributed by atoms with van der Waals surface area (Å²) in [4.78, 5) is 12.8. The number of hydrogen-bond donors (Lipinski definition) is 0. The number of allylic oxidation sites excluding steroid dienone is 1. The molecule has 20 heavy (non-hydrogen) atoms. The first-order chi connectivity index (χ1) is 9.54. The van der Waals surface area contributed by atoms with Crippen LogP contribution in [0.2, 0.25) is 0 Å². The molecule has 110 valence electrons. The van der Waals surface area contributed by atoms with E-state index in [2.05, 4.69) is 6.58 Å². The van der Waals surface area contributed by atoms with Crippen LogP contribution in [0.1, 0.15) is 35.4 Å². The third-order valence-electron chi connectivity index (χ3n) is 3.48. The molecule has 0 aliphatic carbocycles. The number of thiophene rings is 1. The van der Waals surface area contributed by atoms with E-state index in [-0.39, 0.29) is 24.0 Å². The van der Waals surface area contributed by atoms with E-state index in [0.717, 1.165) is 12.8 Å². The molecule has 1 aromatic rings. The molecule has 2 heterocycles. The molecule has 0 amide bonds. The minimum Gasteiger partial charge on any atom is -0.293 e. The molecule has 0 radical (unpaired) electrons. The van der Waals surface area contributed by atoms with Crippen LogP contribution < -0.4 is 0 Å². The fraction of sp³-hybridized carbons (Fsp3) is 0.500. The minimum atomic E-state index is -3.27. The average molecular weight is 313 g/mol. The highest BCUT2D eigenvalue weighted by atomic mass is 32.2. The van der Waals surface area contributed by atoms with Gasteiger partial charge in [0.25, 0.3) is 0 Å². The van der Waals surface area contributed by atoms with Crippen LogP contribution in [0.25, 0.3) is 0 Å². The molecule has 1 saturated heterocycles. The van der Waals surface area contributed by atoms with Crippen LogP contribution in [0.4, 0.5) is 0 Å². The first-order valence-corrected chi connectivity index (χ1v) is 9.20. The lowest BCUT2D eigenvalue weighted by molar-refractivity contribution is 0.0965. The molecule has 0 N–H and O–H groups in total. The normalized spacial score (nSPS) is 20.1. The van der Waals surface area contributed by atoms with E-state index in [4.69, 9.17) is 0 Å². The maximum atomic E-state index is 12.2. The van der Waals surface area contributed by atoms with Crippen LogP contribution in [-0.4, -0.2) is 36.8 Å². The number of carbonyl (C=O) groups is 1. The van der Waals surface area contributed by atoms with Crippen molar-refractivity contribution >= 4 is 27.1 Å². The molecule has 1 atom stereocenters. The summed E-state index contributed by atoms with van der Waals surface area (Å²) in [6, 6.07) is 3.45. The Labute approximate surface area is 124 Å². The van der Waals surface area contributed by atoms with E-state index in [0.29, 0.717) is 17.8 Å². The van der Waals surface area contributed by atoms with E-state index in [1.807, 2.05) is 11.4 Å². The fourth-order valence-electron chi connectivity index (χ4n) is 2.48. The first-order valence-electron chi connectivity index (χ1n) is 6.71. The summed E-state index contributed by atoms with van der Waals surface area (Å²) in [7, 11) is -3.27. The van der Waals surface area contributed by atoms with E-state index in [1.54, 1.807) is 12.1 Å². The third-order valence-corrected chi connectivity index (χ3v) is 6.34. The number of carbonyl (C=O) groups excluding carboxylic acids is 1. The zero-order valence-electron chi connectivity index (χ0n) is 11.3. The van der Waals surface area contributed by atoms with Crippen molar-refractivity contribution in [3.05, 3.63) is 35.0 Å². The van der Waals surface area contributed by atoms with Gasteiger partial charge in [0.2, 0.25) is 10.0 Å². The number of nitrogens with zero attached hydrogens (tertiary/aromatic N) is 1. The topological polar surface area (TPSA) is 54.5 Å². The van der Waals surface area contributed by atoms with Gasteiger partial charge in [-0.3, -0.25) is 4.79 Å². The molecule has 4 nitrogen and oxygen atoms in total. The summed E-state index contributed by atoms with van der Waals surface area (Å²) >= 11 is 1.41. The molecule has 6 heteroatoms. The summed E-state index contributed by atoms with van der Waals surface area (Å²) in [6.07, 6.45) is 3.94. The van der Waals surface area contributed by atoms with Gasteiger partial charge in [0, 0.05) is 19.0 Å². The molecule has 1 aliphatic rings. The summed E-state index contributed by atoms with van der Waals surface area (Å²) in [5, 5.41) is 1.86. The second-order valence-corrected chi connectivity index (χ2v) is 7.89. The van der Waals surface area contributed by atoms with Crippen LogP contribution >= 0.6 is 11.3 Å². The Morgan fingerprint density at radius 3 is 3.00 bits per heavy atom. The van der Waals surface area contributed by atoms with E-state index < -0.39 is 10.0 Å². The number of rotatable bonds is 7. The molecule has 0 bridgehead atoms. The van der Waals surface area contributed by atoms with Gasteiger partial charge in [-0.25, -0.2) is 8.42 Å². The monoisotopic (exact) mass is 313 g/mol. The predicted molar refractivity (Wildman–Crippen MR) is 81.6 cm³/mol. The number of sulfonamides is 1. The van der Waals surface area contributed by atoms with Crippen molar-refractivity contribution in [1.82, 2.24) is 4.31 Å². The number of Topliss-reactive ketones (excluding diaryl/α,β-unsaturated/α-hetero) is 1. The second kappa shape index (κ2) is 6.65. The number of ketones is 1. The van der Waals surface area contributed by atoms with Crippen molar-refractivity contribution in [2.24, 2.45) is 0 Å². The van der Waals surface area contributed by atoms with Gasteiger partial charge in [-0.2, -0.15) is 4.31 Å². The van der Waals surface area contributed by atoms with Crippen LogP contribution in [-0.2, 0) is 10.0 Å². The minimum absolute atomic E-state index is 0.0378. The third kappa shape index (κ3) is 3.56. The molecule has 2 rings (SSSR count). The zero-order chi connectivity index (χ0) is 14.6. The maximum absolute atomic E-state index is 12.2. The molecule has 1 fully saturated rings. The Morgan fingerprint density at radius 2 is 2.35 bits per heavy atom. The Morgan fingerprint density at radius 1 is 1.55 bits per heavy atom. The molecule has 0 aromatic carbocycles. The first kappa shape index (κ1) is 15.4. The fourth-order valence-corrected chi connectivity index (χ4v) is 4.90. The van der Waals surface area contributed by atoms with Crippen molar-refractivity contribution in [3.63, 3.8) is 0 Å². The smallest absolute Gasteiger partial charge is 0.214 e. The van der Waals surface area contributed by atoms with Crippen molar-refractivity contribution < 1.29 is 13.2 Å². The predicted octanol–water partition coefficient (Wildman–Crippen LogP) is 2.69. The highest BCUT2D eigenvalue weighted by Crippen LogP contribution is 2.26. The summed E-state index contributed by atoms with van der Waals surface area (Å²) < 4.78 is 26.0. The average Bonchev–Trinajstić information content (AvgIpc) is 3.07. The van der Waals surface area contributed by atoms with Gasteiger partial charge in [0.15, 0.2) is 5.78 Å². The molecule has 0 spiro atoms. The van der Waals surface area contributed by atoms with Gasteiger partial charge in [0.1, 0.15) is 0 Å². The summed E-state index contributed by atoms with van der Waals surface area (Å²) in [6.45, 7) is 4.09. The van der Waals surface area contributed by atoms with Crippen molar-refractivity contribution in [2.75, 3.05) is 12.3 Å². The van der Waals surface area contributed by atoms with E-state index in [1.165, 1.54) is 15.6 Å². The van der Waals surface area contributed by atoms with Crippen LogP contribution in [0.3, 0.4) is 0 Å². The second-order valence-electron chi connectivity index (χ2n) is 4.90. The van der Waals surface area contributed by atoms with Gasteiger partial charge >= 0.3 is 0 Å². The quantitative estimate of drug-likeness (QED) is 0.574. The lowest BCUT2D eigenvalue weighted by atomic mass is 10.1. The van der Waals surface area contributed by atoms with Gasteiger partial charge in [-0.15, -0.1) is 17.9 Å². The Bertz CT molecular complexity index is 563. The SMILES string of the molecule is C=CCCS(=O)(=O)N1CCCC1CC(=O)c1cccs1.